The lowest BCUT2D eigenvalue weighted by Gasteiger charge is -2.16. The van der Waals surface area contributed by atoms with Crippen LogP contribution in [0.5, 0.6) is 5.75 Å². The smallest absolute Gasteiger partial charge is 0.150 e. The van der Waals surface area contributed by atoms with Gasteiger partial charge < -0.3 is 4.74 Å². The van der Waals surface area contributed by atoms with E-state index < -0.39 is 9.84 Å². The molecule has 1 aromatic carbocycles. The van der Waals surface area contributed by atoms with Crippen LogP contribution in [0.4, 0.5) is 0 Å². The van der Waals surface area contributed by atoms with E-state index in [0.29, 0.717) is 13.0 Å². The average Bonchev–Trinajstić information content (AvgIpc) is 2.46. The number of ether oxygens (including phenoxy) is 1. The van der Waals surface area contributed by atoms with E-state index >= 15 is 0 Å². The van der Waals surface area contributed by atoms with Crippen molar-refractivity contribution in [1.29, 1.82) is 0 Å². The molecule has 114 valence electrons. The summed E-state index contributed by atoms with van der Waals surface area (Å²) in [5.41, 5.74) is 2.72. The minimum absolute atomic E-state index is 0.0748. The fourth-order valence-electron chi connectivity index (χ4n) is 1.84. The minimum Gasteiger partial charge on any atom is -0.494 e. The van der Waals surface area contributed by atoms with Crippen LogP contribution in [0.3, 0.4) is 0 Å². The zero-order valence-corrected chi connectivity index (χ0v) is 12.7. The molecule has 0 amide bonds. The van der Waals surface area contributed by atoms with Crippen molar-refractivity contribution in [2.45, 2.75) is 32.2 Å². The molecular weight excluding hydrogens is 276 g/mol. The normalized spacial score (nSPS) is 13.1. The van der Waals surface area contributed by atoms with Gasteiger partial charge in [-0.2, -0.15) is 0 Å². The largest absolute Gasteiger partial charge is 0.494 e. The lowest BCUT2D eigenvalue weighted by molar-refractivity contribution is 0.281. The van der Waals surface area contributed by atoms with Crippen molar-refractivity contribution in [2.75, 3.05) is 18.1 Å². The highest BCUT2D eigenvalue weighted by Gasteiger charge is 2.11. The lowest BCUT2D eigenvalue weighted by Crippen LogP contribution is -2.36. The highest BCUT2D eigenvalue weighted by molar-refractivity contribution is 7.91. The zero-order chi connectivity index (χ0) is 14.8. The quantitative estimate of drug-likeness (QED) is 0.505. The molecule has 0 aliphatic carbocycles. The van der Waals surface area contributed by atoms with Crippen molar-refractivity contribution in [1.82, 2.24) is 5.43 Å². The molecular formula is C14H24N2O3S. The Morgan fingerprint density at radius 1 is 1.25 bits per heavy atom. The summed E-state index contributed by atoms with van der Waals surface area (Å²) in [6.45, 7) is 2.22. The average molecular weight is 300 g/mol. The number of nitrogens with two attached hydrogens (primary N) is 1. The Morgan fingerprint density at radius 2 is 1.95 bits per heavy atom. The van der Waals surface area contributed by atoms with E-state index in [-0.39, 0.29) is 17.5 Å². The van der Waals surface area contributed by atoms with Gasteiger partial charge in [-0.3, -0.25) is 11.3 Å². The molecule has 0 saturated carbocycles. The summed E-state index contributed by atoms with van der Waals surface area (Å²) < 4.78 is 28.4. The van der Waals surface area contributed by atoms with Gasteiger partial charge in [0.1, 0.15) is 15.6 Å². The van der Waals surface area contributed by atoms with E-state index in [4.69, 9.17) is 10.6 Å². The topological polar surface area (TPSA) is 81.4 Å². The van der Waals surface area contributed by atoms with E-state index in [9.17, 15) is 8.42 Å². The van der Waals surface area contributed by atoms with Gasteiger partial charge in [-0.25, -0.2) is 8.42 Å². The Balaban J connectivity index is 2.23. The summed E-state index contributed by atoms with van der Waals surface area (Å²) >= 11 is 0. The molecule has 0 radical (unpaired) electrons. The zero-order valence-electron chi connectivity index (χ0n) is 11.9. The van der Waals surface area contributed by atoms with E-state index in [1.54, 1.807) is 6.92 Å². The first-order chi connectivity index (χ1) is 9.57. The second-order valence-electron chi connectivity index (χ2n) is 4.69. The third-order valence-corrected chi connectivity index (χ3v) is 4.95. The molecule has 0 aliphatic heterocycles. The molecule has 6 heteroatoms. The van der Waals surface area contributed by atoms with Crippen molar-refractivity contribution in [3.8, 4) is 5.75 Å². The fourth-order valence-corrected chi connectivity index (χ4v) is 2.74. The molecule has 0 heterocycles. The Morgan fingerprint density at radius 3 is 2.55 bits per heavy atom. The lowest BCUT2D eigenvalue weighted by atomic mass is 10.1. The second kappa shape index (κ2) is 8.94. The molecule has 20 heavy (non-hydrogen) atoms. The molecule has 1 aromatic rings. The highest BCUT2D eigenvalue weighted by atomic mass is 32.2. The Labute approximate surface area is 121 Å². The van der Waals surface area contributed by atoms with Crippen LogP contribution < -0.4 is 16.0 Å². The van der Waals surface area contributed by atoms with Crippen LogP contribution in [0.2, 0.25) is 0 Å². The highest BCUT2D eigenvalue weighted by Crippen LogP contribution is 2.10. The standard InChI is InChI=1S/C14H24N2O3S/c1-2-20(17,18)12-6-7-13(16-15)10-11-19-14-8-4-3-5-9-14/h3-5,8-9,13,16H,2,6-7,10-12,15H2,1H3. The van der Waals surface area contributed by atoms with Crippen molar-refractivity contribution in [2.24, 2.45) is 5.84 Å². The van der Waals surface area contributed by atoms with E-state index in [1.807, 2.05) is 30.3 Å². The van der Waals surface area contributed by atoms with Crippen LogP contribution in [0.15, 0.2) is 30.3 Å². The first-order valence-electron chi connectivity index (χ1n) is 6.92. The first-order valence-corrected chi connectivity index (χ1v) is 8.74. The maximum absolute atomic E-state index is 11.4. The van der Waals surface area contributed by atoms with Gasteiger partial charge in [-0.05, 0) is 31.4 Å². The van der Waals surface area contributed by atoms with E-state index in [0.717, 1.165) is 18.6 Å². The molecule has 5 nitrogen and oxygen atoms in total. The molecule has 0 saturated heterocycles. The van der Waals surface area contributed by atoms with Gasteiger partial charge in [0.05, 0.1) is 12.4 Å². The molecule has 3 N–H and O–H groups in total. The second-order valence-corrected chi connectivity index (χ2v) is 7.17. The summed E-state index contributed by atoms with van der Waals surface area (Å²) in [4.78, 5) is 0. The number of hydrogen-bond acceptors (Lipinski definition) is 5. The summed E-state index contributed by atoms with van der Waals surface area (Å²) in [7, 11) is -2.89. The van der Waals surface area contributed by atoms with Gasteiger partial charge in [0.15, 0.2) is 0 Å². The van der Waals surface area contributed by atoms with Gasteiger partial charge in [0.2, 0.25) is 0 Å². The van der Waals surface area contributed by atoms with E-state index in [1.165, 1.54) is 0 Å². The maximum Gasteiger partial charge on any atom is 0.150 e. The number of nitrogens with one attached hydrogen (secondary N) is 1. The monoisotopic (exact) mass is 300 g/mol. The molecule has 1 atom stereocenters. The van der Waals surface area contributed by atoms with Crippen LogP contribution in [0.1, 0.15) is 26.2 Å². The van der Waals surface area contributed by atoms with Crippen LogP contribution >= 0.6 is 0 Å². The fraction of sp³-hybridized carbons (Fsp3) is 0.571. The van der Waals surface area contributed by atoms with Crippen molar-refractivity contribution >= 4 is 9.84 Å². The SMILES string of the molecule is CCS(=O)(=O)CCCC(CCOc1ccccc1)NN. The number of sulfone groups is 1. The molecule has 0 aliphatic rings. The summed E-state index contributed by atoms with van der Waals surface area (Å²) in [5.74, 6) is 6.73. The molecule has 0 bridgehead atoms. The number of hydrazine groups is 1. The predicted molar refractivity (Wildman–Crippen MR) is 81.2 cm³/mol. The van der Waals surface area contributed by atoms with Crippen molar-refractivity contribution in [3.05, 3.63) is 30.3 Å². The minimum atomic E-state index is -2.89. The Kier molecular flexibility index (Phi) is 7.58. The molecule has 0 spiro atoms. The Bertz CT molecular complexity index is 463. The number of hydrogen-bond donors (Lipinski definition) is 2. The molecule has 0 fully saturated rings. The van der Waals surface area contributed by atoms with Crippen LogP contribution in [0, 0.1) is 0 Å². The van der Waals surface area contributed by atoms with E-state index in [2.05, 4.69) is 5.43 Å². The molecule has 1 unspecified atom stereocenters. The van der Waals surface area contributed by atoms with Gasteiger partial charge in [0.25, 0.3) is 0 Å². The van der Waals surface area contributed by atoms with Crippen LogP contribution in [-0.2, 0) is 9.84 Å². The summed E-state index contributed by atoms with van der Waals surface area (Å²) in [6.07, 6.45) is 2.10. The van der Waals surface area contributed by atoms with Gasteiger partial charge >= 0.3 is 0 Å². The van der Waals surface area contributed by atoms with Gasteiger partial charge in [-0.15, -0.1) is 0 Å². The predicted octanol–water partition coefficient (Wildman–Crippen LogP) is 1.50. The Hall–Kier alpha value is -1.11. The maximum atomic E-state index is 11.4. The number of benzene rings is 1. The summed E-state index contributed by atoms with van der Waals surface area (Å²) in [5, 5.41) is 0. The molecule has 1 rings (SSSR count). The summed E-state index contributed by atoms with van der Waals surface area (Å²) in [6, 6.07) is 9.65. The number of para-hydroxylation sites is 1. The third-order valence-electron chi connectivity index (χ3n) is 3.16. The molecule has 0 aromatic heterocycles. The number of rotatable bonds is 10. The third kappa shape index (κ3) is 6.88. The van der Waals surface area contributed by atoms with Gasteiger partial charge in [0, 0.05) is 11.8 Å². The van der Waals surface area contributed by atoms with Crippen molar-refractivity contribution in [3.63, 3.8) is 0 Å². The van der Waals surface area contributed by atoms with Crippen LogP contribution in [-0.4, -0.2) is 32.6 Å². The van der Waals surface area contributed by atoms with Crippen molar-refractivity contribution < 1.29 is 13.2 Å². The van der Waals surface area contributed by atoms with Crippen LogP contribution in [0.25, 0.3) is 0 Å². The first kappa shape index (κ1) is 16.9. The van der Waals surface area contributed by atoms with Gasteiger partial charge in [-0.1, -0.05) is 25.1 Å².